The van der Waals surface area contributed by atoms with Gasteiger partial charge in [-0.3, -0.25) is 0 Å². The smallest absolute Gasteiger partial charge is 0.207 e. The summed E-state index contributed by atoms with van der Waals surface area (Å²) in [5, 5.41) is 1.29. The number of rotatable bonds is 7. The van der Waals surface area contributed by atoms with Gasteiger partial charge in [-0.1, -0.05) is 69.7 Å². The van der Waals surface area contributed by atoms with E-state index in [1.54, 1.807) is 0 Å². The van der Waals surface area contributed by atoms with Crippen molar-refractivity contribution in [3.8, 4) is 10.6 Å². The maximum atomic E-state index is 15.4. The van der Waals surface area contributed by atoms with E-state index in [0.29, 0.717) is 0 Å². The van der Waals surface area contributed by atoms with Crippen molar-refractivity contribution in [2.75, 3.05) is 0 Å². The molecule has 1 aromatic heterocycles. The fourth-order valence-electron chi connectivity index (χ4n) is 7.64. The summed E-state index contributed by atoms with van der Waals surface area (Å²) in [7, 11) is 0. The Balaban J connectivity index is 0.000000246. The number of para-hydroxylation sites is 1. The monoisotopic (exact) mass is 1060 g/mol. The molecule has 8 aromatic rings. The molecule has 0 unspecified atom stereocenters. The fourth-order valence-corrected chi connectivity index (χ4v) is 9.07. The van der Waals surface area contributed by atoms with Gasteiger partial charge in [-0.05, 0) is 30.3 Å². The standard InChI is InChI=1S/C24BF20.C20H15BrNS/c26-5-1(6(27)14(35)21(42)13(5)34)25(2-7(28)15(36)22(43)16(37)8(2)29,3-9(30)17(38)23(44)18(39)10(3)31)4-11(32)19(40)24(45)20(41)12(4)33;21-17-12-10-16(11-13-17)20-22(14-15-6-2-1-3-7-15)18-8-4-5-9-19(18)23-20/h;1-13H,14H2/q-1;+1. The van der Waals surface area contributed by atoms with Crippen LogP contribution in [-0.4, -0.2) is 6.15 Å². The zero-order valence-corrected chi connectivity index (χ0v) is 35.0. The molecule has 0 aliphatic heterocycles. The van der Waals surface area contributed by atoms with Gasteiger partial charge in [-0.2, -0.15) is 4.57 Å². The maximum absolute atomic E-state index is 15.4. The molecule has 0 fully saturated rings. The van der Waals surface area contributed by atoms with E-state index >= 15 is 35.1 Å². The Morgan fingerprint density at radius 2 is 0.647 bits per heavy atom. The van der Waals surface area contributed by atoms with Crippen molar-refractivity contribution in [3.05, 3.63) is 205 Å². The van der Waals surface area contributed by atoms with Crippen molar-refractivity contribution in [2.45, 2.75) is 6.54 Å². The zero-order valence-electron chi connectivity index (χ0n) is 32.6. The molecule has 0 aliphatic rings. The van der Waals surface area contributed by atoms with Crippen LogP contribution in [0, 0.1) is 116 Å². The minimum atomic E-state index is -7.22. The second-order valence-electron chi connectivity index (χ2n) is 14.3. The highest BCUT2D eigenvalue weighted by molar-refractivity contribution is 9.10. The molecule has 1 heterocycles. The Morgan fingerprint density at radius 3 is 0.985 bits per heavy atom. The van der Waals surface area contributed by atoms with Crippen LogP contribution in [-0.2, 0) is 6.54 Å². The maximum Gasteiger partial charge on any atom is 0.270 e. The molecule has 0 radical (unpaired) electrons. The first kappa shape index (κ1) is 49.5. The number of benzene rings is 7. The first-order chi connectivity index (χ1) is 32.0. The molecule has 0 amide bonds. The SMILES string of the molecule is Brc1ccc(-c2sc3ccccc3[n+]2Cc2ccccc2)cc1.Fc1c(F)c(F)c([B-](c2c(F)c(F)c(F)c(F)c2F)(c2c(F)c(F)c(F)c(F)c2F)c2c(F)c(F)c(F)c(F)c2F)c(F)c1F. The van der Waals surface area contributed by atoms with Gasteiger partial charge in [0.2, 0.25) is 5.52 Å². The van der Waals surface area contributed by atoms with Gasteiger partial charge in [-0.15, -0.1) is 21.9 Å². The van der Waals surface area contributed by atoms with Crippen LogP contribution in [0.3, 0.4) is 0 Å². The lowest BCUT2D eigenvalue weighted by atomic mass is 9.12. The molecule has 1 nitrogen and oxygen atoms in total. The number of aromatic nitrogens is 1. The highest BCUT2D eigenvalue weighted by Crippen LogP contribution is 2.32. The minimum Gasteiger partial charge on any atom is -0.207 e. The molecule has 68 heavy (non-hydrogen) atoms. The molecule has 0 saturated carbocycles. The lowest BCUT2D eigenvalue weighted by molar-refractivity contribution is -0.647. The van der Waals surface area contributed by atoms with E-state index in [4.69, 9.17) is 0 Å². The first-order valence-corrected chi connectivity index (χ1v) is 20.1. The van der Waals surface area contributed by atoms with Gasteiger partial charge in [0.15, 0.2) is 76.4 Å². The van der Waals surface area contributed by atoms with Crippen LogP contribution in [0.4, 0.5) is 87.8 Å². The number of hydrogen-bond acceptors (Lipinski definition) is 1. The Labute approximate surface area is 379 Å². The molecule has 0 atom stereocenters. The molecule has 0 bridgehead atoms. The van der Waals surface area contributed by atoms with Crippen LogP contribution >= 0.6 is 27.3 Å². The topological polar surface area (TPSA) is 3.88 Å². The predicted molar refractivity (Wildman–Crippen MR) is 210 cm³/mol. The van der Waals surface area contributed by atoms with Gasteiger partial charge < -0.3 is 0 Å². The van der Waals surface area contributed by atoms with Crippen molar-refractivity contribution in [2.24, 2.45) is 0 Å². The first-order valence-electron chi connectivity index (χ1n) is 18.5. The Kier molecular flexibility index (Phi) is 13.5. The van der Waals surface area contributed by atoms with Crippen LogP contribution in [0.2, 0.25) is 0 Å². The predicted octanol–water partition coefficient (Wildman–Crippen LogP) is 11.5. The summed E-state index contributed by atoms with van der Waals surface area (Å²) in [6.07, 6.45) is -7.22. The highest BCUT2D eigenvalue weighted by Gasteiger charge is 2.52. The summed E-state index contributed by atoms with van der Waals surface area (Å²) in [5.74, 6) is -71.4. The van der Waals surface area contributed by atoms with Crippen LogP contribution in [0.1, 0.15) is 5.56 Å². The van der Waals surface area contributed by atoms with E-state index in [9.17, 15) is 52.7 Å². The summed E-state index contributed by atoms with van der Waals surface area (Å²) in [6, 6.07) is 27.8. The molecule has 0 N–H and O–H groups in total. The second kappa shape index (κ2) is 18.6. The molecule has 352 valence electrons. The van der Waals surface area contributed by atoms with Crippen molar-refractivity contribution in [1.29, 1.82) is 0 Å². The molecule has 7 aromatic carbocycles. The molecular formula is C44H15BBrF20NS. The number of fused-ring (bicyclic) bond motifs is 1. The third-order valence-corrected chi connectivity index (χ3v) is 12.3. The summed E-state index contributed by atoms with van der Waals surface area (Å²) >= 11 is 5.37. The average Bonchev–Trinajstić information content (AvgIpc) is 3.69. The van der Waals surface area contributed by atoms with Gasteiger partial charge in [0.1, 0.15) is 57.4 Å². The van der Waals surface area contributed by atoms with Gasteiger partial charge >= 0.3 is 0 Å². The molecular weight excluding hydrogens is 1050 g/mol. The van der Waals surface area contributed by atoms with Crippen LogP contribution in [0.5, 0.6) is 0 Å². The van der Waals surface area contributed by atoms with Gasteiger partial charge in [-0.25, -0.2) is 87.8 Å². The Bertz CT molecular complexity index is 2950. The lowest BCUT2D eigenvalue weighted by Gasteiger charge is -2.44. The van der Waals surface area contributed by atoms with E-state index in [0.717, 1.165) is 11.0 Å². The zero-order chi connectivity index (χ0) is 50.0. The van der Waals surface area contributed by atoms with Gasteiger partial charge in [0.25, 0.3) is 5.01 Å². The quantitative estimate of drug-likeness (QED) is 0.0492. The number of thiazole rings is 1. The van der Waals surface area contributed by atoms with E-state index in [2.05, 4.69) is 99.4 Å². The van der Waals surface area contributed by atoms with Crippen molar-refractivity contribution in [3.63, 3.8) is 0 Å². The third-order valence-electron chi connectivity index (χ3n) is 10.6. The van der Waals surface area contributed by atoms with E-state index < -0.39 is 144 Å². The van der Waals surface area contributed by atoms with Crippen LogP contribution in [0.25, 0.3) is 20.8 Å². The number of halogens is 21. The lowest BCUT2D eigenvalue weighted by Crippen LogP contribution is -2.81. The Morgan fingerprint density at radius 1 is 0.353 bits per heavy atom. The summed E-state index contributed by atoms with van der Waals surface area (Å²) in [5.41, 5.74) is -10.5. The molecule has 0 saturated heterocycles. The van der Waals surface area contributed by atoms with E-state index in [-0.39, 0.29) is 0 Å². The van der Waals surface area contributed by atoms with Crippen molar-refractivity contribution < 1.29 is 92.4 Å². The van der Waals surface area contributed by atoms with Gasteiger partial charge in [0, 0.05) is 16.1 Å². The van der Waals surface area contributed by atoms with Crippen LogP contribution < -0.4 is 26.4 Å². The number of nitrogens with zero attached hydrogens (tertiary/aromatic N) is 1. The van der Waals surface area contributed by atoms with E-state index in [1.807, 2.05) is 11.3 Å². The summed E-state index contributed by atoms with van der Waals surface area (Å²) < 4.78 is 299. The fraction of sp³-hybridized carbons (Fsp3) is 0.0227. The summed E-state index contributed by atoms with van der Waals surface area (Å²) in [4.78, 5) is 0. The molecule has 0 aliphatic carbocycles. The second-order valence-corrected chi connectivity index (χ2v) is 16.2. The van der Waals surface area contributed by atoms with Gasteiger partial charge in [0.05, 0.1) is 5.56 Å². The highest BCUT2D eigenvalue weighted by atomic mass is 79.9. The van der Waals surface area contributed by atoms with Crippen LogP contribution in [0.15, 0.2) is 83.3 Å². The minimum absolute atomic E-state index is 0.885. The molecule has 8 rings (SSSR count). The summed E-state index contributed by atoms with van der Waals surface area (Å²) in [6.45, 7) is 0.885. The largest absolute Gasteiger partial charge is 0.270 e. The number of hydrogen-bond donors (Lipinski definition) is 0. The van der Waals surface area contributed by atoms with Crippen molar-refractivity contribution in [1.82, 2.24) is 0 Å². The van der Waals surface area contributed by atoms with E-state index in [1.165, 1.54) is 26.4 Å². The molecule has 0 spiro atoms. The Hall–Kier alpha value is -6.43. The third kappa shape index (κ3) is 7.73. The normalized spacial score (nSPS) is 11.7. The van der Waals surface area contributed by atoms with Crippen molar-refractivity contribution >= 4 is 65.5 Å². The average molecular weight is 1060 g/mol. The molecule has 24 heteroatoms.